The molecule has 1 saturated heterocycles. The van der Waals surface area contributed by atoms with E-state index in [2.05, 4.69) is 6.07 Å². The molecule has 16 heavy (non-hydrogen) atoms. The zero-order chi connectivity index (χ0) is 11.0. The van der Waals surface area contributed by atoms with Gasteiger partial charge in [0.2, 0.25) is 0 Å². The lowest BCUT2D eigenvalue weighted by Gasteiger charge is -2.30. The molecule has 0 bridgehead atoms. The minimum atomic E-state index is 0.268. The summed E-state index contributed by atoms with van der Waals surface area (Å²) < 4.78 is 0. The molecule has 0 saturated carbocycles. The third-order valence-electron chi connectivity index (χ3n) is 3.60. The van der Waals surface area contributed by atoms with Crippen LogP contribution in [0.25, 0.3) is 0 Å². The molecular formula is C13H17NOS. The number of carbonyl (C=O) groups excluding carboxylic acids is 1. The van der Waals surface area contributed by atoms with Crippen LogP contribution in [-0.2, 0) is 12.8 Å². The van der Waals surface area contributed by atoms with Gasteiger partial charge in [0.25, 0.3) is 5.91 Å². The van der Waals surface area contributed by atoms with E-state index >= 15 is 0 Å². The zero-order valence-corrected chi connectivity index (χ0v) is 10.3. The number of carbonyl (C=O) groups is 1. The first-order valence-corrected chi connectivity index (χ1v) is 7.07. The molecule has 2 aliphatic rings. The van der Waals surface area contributed by atoms with Crippen molar-refractivity contribution in [2.24, 2.45) is 0 Å². The van der Waals surface area contributed by atoms with E-state index < -0.39 is 0 Å². The van der Waals surface area contributed by atoms with Crippen LogP contribution in [0.3, 0.4) is 0 Å². The van der Waals surface area contributed by atoms with Crippen LogP contribution < -0.4 is 0 Å². The average Bonchev–Trinajstić information content (AvgIpc) is 2.48. The van der Waals surface area contributed by atoms with Gasteiger partial charge in [0.1, 0.15) is 0 Å². The second kappa shape index (κ2) is 4.21. The van der Waals surface area contributed by atoms with Crippen LogP contribution >= 0.6 is 11.3 Å². The van der Waals surface area contributed by atoms with Gasteiger partial charge < -0.3 is 4.90 Å². The molecule has 2 nitrogen and oxygen atoms in total. The van der Waals surface area contributed by atoms with Gasteiger partial charge in [0, 0.05) is 18.0 Å². The fourth-order valence-electron chi connectivity index (χ4n) is 2.45. The van der Waals surface area contributed by atoms with Crippen molar-refractivity contribution in [3.05, 3.63) is 21.4 Å². The second-order valence-electron chi connectivity index (χ2n) is 4.77. The molecule has 1 aromatic rings. The van der Waals surface area contributed by atoms with Crippen LogP contribution in [0, 0.1) is 0 Å². The number of thiophene rings is 1. The third kappa shape index (κ3) is 1.77. The molecule has 3 heteroatoms. The first-order chi connectivity index (χ1) is 7.84. The van der Waals surface area contributed by atoms with Crippen LogP contribution in [0.15, 0.2) is 6.07 Å². The van der Waals surface area contributed by atoms with E-state index in [1.165, 1.54) is 49.0 Å². The highest BCUT2D eigenvalue weighted by Gasteiger charge is 2.24. The monoisotopic (exact) mass is 235 g/mol. The fraction of sp³-hybridized carbons (Fsp3) is 0.615. The van der Waals surface area contributed by atoms with E-state index in [4.69, 9.17) is 0 Å². The number of hydrogen-bond acceptors (Lipinski definition) is 2. The van der Waals surface area contributed by atoms with Crippen molar-refractivity contribution in [3.63, 3.8) is 0 Å². The molecule has 1 aromatic heterocycles. The Morgan fingerprint density at radius 3 is 2.69 bits per heavy atom. The maximum Gasteiger partial charge on any atom is 0.263 e. The number of fused-ring (bicyclic) bond motifs is 1. The fourth-order valence-corrected chi connectivity index (χ4v) is 3.67. The molecule has 1 fully saturated rings. The van der Waals surface area contributed by atoms with Gasteiger partial charge in [-0.2, -0.15) is 0 Å². The number of aryl methyl sites for hydroxylation is 2. The van der Waals surface area contributed by atoms with Gasteiger partial charge in [0.05, 0.1) is 4.88 Å². The first kappa shape index (κ1) is 10.3. The quantitative estimate of drug-likeness (QED) is 0.685. The van der Waals surface area contributed by atoms with Crippen molar-refractivity contribution < 1.29 is 4.79 Å². The number of rotatable bonds is 1. The van der Waals surface area contributed by atoms with Gasteiger partial charge in [-0.15, -0.1) is 11.3 Å². The third-order valence-corrected chi connectivity index (χ3v) is 4.83. The smallest absolute Gasteiger partial charge is 0.263 e. The summed E-state index contributed by atoms with van der Waals surface area (Å²) in [6.07, 6.45) is 7.48. The summed E-state index contributed by atoms with van der Waals surface area (Å²) in [6.45, 7) is 1.92. The second-order valence-corrected chi connectivity index (χ2v) is 5.90. The van der Waals surface area contributed by atoms with Crippen LogP contribution in [-0.4, -0.2) is 23.9 Å². The summed E-state index contributed by atoms with van der Waals surface area (Å²) in [5.41, 5.74) is 1.45. The number of nitrogens with zero attached hydrogens (tertiary/aromatic N) is 1. The molecule has 86 valence electrons. The molecule has 0 atom stereocenters. The highest BCUT2D eigenvalue weighted by atomic mass is 32.1. The van der Waals surface area contributed by atoms with E-state index in [1.807, 2.05) is 4.90 Å². The molecule has 1 aliphatic carbocycles. The van der Waals surface area contributed by atoms with Crippen molar-refractivity contribution in [1.82, 2.24) is 4.90 Å². The van der Waals surface area contributed by atoms with Crippen molar-refractivity contribution in [3.8, 4) is 0 Å². The highest BCUT2D eigenvalue weighted by Crippen LogP contribution is 2.30. The van der Waals surface area contributed by atoms with Gasteiger partial charge >= 0.3 is 0 Å². The van der Waals surface area contributed by atoms with Gasteiger partial charge in [-0.25, -0.2) is 0 Å². The minimum absolute atomic E-state index is 0.268. The van der Waals surface area contributed by atoms with E-state index in [9.17, 15) is 4.79 Å². The molecule has 0 radical (unpaired) electrons. The molecule has 0 unspecified atom stereocenters. The molecule has 0 spiro atoms. The highest BCUT2D eigenvalue weighted by molar-refractivity contribution is 7.14. The Labute approximate surface area is 100 Å². The minimum Gasteiger partial charge on any atom is -0.338 e. The summed E-state index contributed by atoms with van der Waals surface area (Å²) >= 11 is 1.74. The molecular weight excluding hydrogens is 218 g/mol. The van der Waals surface area contributed by atoms with Gasteiger partial charge in [-0.05, 0) is 43.7 Å². The largest absolute Gasteiger partial charge is 0.338 e. The molecule has 1 aliphatic heterocycles. The van der Waals surface area contributed by atoms with Crippen LogP contribution in [0.4, 0.5) is 0 Å². The first-order valence-electron chi connectivity index (χ1n) is 6.25. The maximum atomic E-state index is 12.1. The Hall–Kier alpha value is -0.830. The van der Waals surface area contributed by atoms with Crippen LogP contribution in [0.5, 0.6) is 0 Å². The molecule has 3 rings (SSSR count). The SMILES string of the molecule is O=C(c1cc2c(s1)CCCCC2)N1CCC1. The summed E-state index contributed by atoms with van der Waals surface area (Å²) in [4.78, 5) is 16.5. The summed E-state index contributed by atoms with van der Waals surface area (Å²) in [7, 11) is 0. The van der Waals surface area contributed by atoms with Gasteiger partial charge in [-0.1, -0.05) is 6.42 Å². The number of hydrogen-bond donors (Lipinski definition) is 0. The molecule has 0 N–H and O–H groups in total. The van der Waals surface area contributed by atoms with E-state index in [-0.39, 0.29) is 5.91 Å². The lowest BCUT2D eigenvalue weighted by Crippen LogP contribution is -2.41. The Kier molecular flexibility index (Phi) is 2.72. The molecule has 2 heterocycles. The molecule has 1 amide bonds. The predicted molar refractivity (Wildman–Crippen MR) is 66.1 cm³/mol. The zero-order valence-electron chi connectivity index (χ0n) is 9.50. The Bertz CT molecular complexity index is 383. The topological polar surface area (TPSA) is 20.3 Å². The normalized spacial score (nSPS) is 19.9. The summed E-state index contributed by atoms with van der Waals surface area (Å²) in [5, 5.41) is 0. The van der Waals surface area contributed by atoms with Crippen molar-refractivity contribution in [2.75, 3.05) is 13.1 Å². The van der Waals surface area contributed by atoms with Crippen molar-refractivity contribution >= 4 is 17.2 Å². The van der Waals surface area contributed by atoms with E-state index in [0.717, 1.165) is 18.0 Å². The predicted octanol–water partition coefficient (Wildman–Crippen LogP) is 2.86. The standard InChI is InChI=1S/C13H17NOS/c15-13(14-7-4-8-14)12-9-10-5-2-1-3-6-11(10)16-12/h9H,1-8H2. The van der Waals surface area contributed by atoms with Crippen molar-refractivity contribution in [2.45, 2.75) is 38.5 Å². The lowest BCUT2D eigenvalue weighted by atomic mass is 10.1. The lowest BCUT2D eigenvalue weighted by molar-refractivity contribution is 0.0657. The van der Waals surface area contributed by atoms with Crippen molar-refractivity contribution in [1.29, 1.82) is 0 Å². The average molecular weight is 235 g/mol. The van der Waals surface area contributed by atoms with Crippen LogP contribution in [0.2, 0.25) is 0 Å². The van der Waals surface area contributed by atoms with E-state index in [1.54, 1.807) is 11.3 Å². The van der Waals surface area contributed by atoms with Gasteiger partial charge in [0.15, 0.2) is 0 Å². The Morgan fingerprint density at radius 2 is 1.94 bits per heavy atom. The number of likely N-dealkylation sites (tertiary alicyclic amines) is 1. The summed E-state index contributed by atoms with van der Waals surface area (Å²) in [6, 6.07) is 2.16. The van der Waals surface area contributed by atoms with Crippen LogP contribution in [0.1, 0.15) is 45.8 Å². The number of amides is 1. The Balaban J connectivity index is 1.83. The Morgan fingerprint density at radius 1 is 1.12 bits per heavy atom. The molecule has 0 aromatic carbocycles. The maximum absolute atomic E-state index is 12.1. The summed E-state index contributed by atoms with van der Waals surface area (Å²) in [5.74, 6) is 0.268. The van der Waals surface area contributed by atoms with Gasteiger partial charge in [-0.3, -0.25) is 4.79 Å². The van der Waals surface area contributed by atoms with E-state index in [0.29, 0.717) is 0 Å².